The van der Waals surface area contributed by atoms with E-state index in [1.807, 2.05) is 49.4 Å². The predicted molar refractivity (Wildman–Crippen MR) is 111 cm³/mol. The summed E-state index contributed by atoms with van der Waals surface area (Å²) in [6.07, 6.45) is 0.587. The first-order valence-corrected chi connectivity index (χ1v) is 9.79. The Morgan fingerprint density at radius 1 is 0.967 bits per heavy atom. The van der Waals surface area contributed by atoms with Gasteiger partial charge in [-0.2, -0.15) is 0 Å². The van der Waals surface area contributed by atoms with Crippen LogP contribution in [0.2, 0.25) is 0 Å². The Hall–Kier alpha value is -3.67. The van der Waals surface area contributed by atoms with Crippen molar-refractivity contribution in [2.45, 2.75) is 19.9 Å². The van der Waals surface area contributed by atoms with E-state index in [9.17, 15) is 14.4 Å². The number of rotatable bonds is 6. The fourth-order valence-corrected chi connectivity index (χ4v) is 3.61. The van der Waals surface area contributed by atoms with Crippen molar-refractivity contribution in [2.24, 2.45) is 0 Å². The molecule has 3 aromatic rings. The highest BCUT2D eigenvalue weighted by Crippen LogP contribution is 2.25. The van der Waals surface area contributed by atoms with Crippen molar-refractivity contribution in [1.29, 1.82) is 0 Å². The van der Waals surface area contributed by atoms with Crippen molar-refractivity contribution < 1.29 is 18.8 Å². The lowest BCUT2D eigenvalue weighted by Gasteiger charge is -2.16. The Kier molecular flexibility index (Phi) is 5.23. The van der Waals surface area contributed by atoms with Gasteiger partial charge in [-0.25, -0.2) is 0 Å². The number of furan rings is 1. The van der Waals surface area contributed by atoms with Gasteiger partial charge in [0.15, 0.2) is 0 Å². The number of fused-ring (bicyclic) bond motifs is 1. The van der Waals surface area contributed by atoms with Crippen molar-refractivity contribution in [2.75, 3.05) is 13.6 Å². The summed E-state index contributed by atoms with van der Waals surface area (Å²) in [5.74, 6) is 0.551. The molecule has 6 nitrogen and oxygen atoms in total. The first-order valence-electron chi connectivity index (χ1n) is 9.79. The minimum Gasteiger partial charge on any atom is -0.464 e. The van der Waals surface area contributed by atoms with Crippen molar-refractivity contribution in [3.8, 4) is 0 Å². The normalized spacial score (nSPS) is 12.9. The van der Waals surface area contributed by atoms with Gasteiger partial charge in [-0.05, 0) is 49.2 Å². The summed E-state index contributed by atoms with van der Waals surface area (Å²) in [5, 5.41) is 0. The van der Waals surface area contributed by atoms with Crippen LogP contribution in [0.3, 0.4) is 0 Å². The standard InChI is InChI=1S/C24H22N2O4/c1-16-8-10-19(30-16)15-25(2)22(27)18-9-11-20-21(14-18)24(29)26(23(20)28)13-12-17-6-4-3-5-7-17/h3-11,14H,12-13,15H2,1-2H3. The summed E-state index contributed by atoms with van der Waals surface area (Å²) in [6.45, 7) is 2.47. The Morgan fingerprint density at radius 2 is 1.70 bits per heavy atom. The third-order valence-electron chi connectivity index (χ3n) is 5.22. The molecule has 0 aliphatic carbocycles. The minimum absolute atomic E-state index is 0.241. The zero-order chi connectivity index (χ0) is 21.3. The van der Waals surface area contributed by atoms with Crippen LogP contribution in [0, 0.1) is 6.92 Å². The molecule has 1 aromatic heterocycles. The van der Waals surface area contributed by atoms with Crippen molar-refractivity contribution in [1.82, 2.24) is 9.80 Å². The van der Waals surface area contributed by atoms with E-state index < -0.39 is 0 Å². The molecule has 3 amide bonds. The van der Waals surface area contributed by atoms with Gasteiger partial charge in [0, 0.05) is 19.2 Å². The molecule has 0 fully saturated rings. The van der Waals surface area contributed by atoms with Gasteiger partial charge in [-0.15, -0.1) is 0 Å². The van der Waals surface area contributed by atoms with E-state index in [0.717, 1.165) is 11.3 Å². The van der Waals surface area contributed by atoms with E-state index in [1.54, 1.807) is 19.2 Å². The Morgan fingerprint density at radius 3 is 2.40 bits per heavy atom. The third-order valence-corrected chi connectivity index (χ3v) is 5.22. The lowest BCUT2D eigenvalue weighted by molar-refractivity contribution is 0.0655. The minimum atomic E-state index is -0.357. The number of carbonyl (C=O) groups is 3. The van der Waals surface area contributed by atoms with Crippen molar-refractivity contribution in [3.63, 3.8) is 0 Å². The molecular formula is C24H22N2O4. The van der Waals surface area contributed by atoms with Gasteiger partial charge in [0.25, 0.3) is 17.7 Å². The lowest BCUT2D eigenvalue weighted by Crippen LogP contribution is -2.31. The van der Waals surface area contributed by atoms with Crippen LogP contribution in [-0.4, -0.2) is 41.1 Å². The zero-order valence-corrected chi connectivity index (χ0v) is 16.9. The first kappa shape index (κ1) is 19.6. The molecule has 4 rings (SSSR count). The highest BCUT2D eigenvalue weighted by Gasteiger charge is 2.35. The van der Waals surface area contributed by atoms with Gasteiger partial charge in [-0.1, -0.05) is 30.3 Å². The lowest BCUT2D eigenvalue weighted by atomic mass is 10.0. The number of carbonyl (C=O) groups excluding carboxylic acids is 3. The largest absolute Gasteiger partial charge is 0.464 e. The molecule has 2 aromatic carbocycles. The second kappa shape index (κ2) is 7.99. The maximum absolute atomic E-state index is 12.8. The highest BCUT2D eigenvalue weighted by atomic mass is 16.3. The molecule has 0 N–H and O–H groups in total. The summed E-state index contributed by atoms with van der Waals surface area (Å²) in [6, 6.07) is 18.1. The zero-order valence-electron chi connectivity index (χ0n) is 16.9. The molecule has 6 heteroatoms. The Balaban J connectivity index is 1.49. The maximum atomic E-state index is 12.8. The van der Waals surface area contributed by atoms with Gasteiger partial charge in [-0.3, -0.25) is 19.3 Å². The highest BCUT2D eigenvalue weighted by molar-refractivity contribution is 6.22. The van der Waals surface area contributed by atoms with Crippen LogP contribution in [0.4, 0.5) is 0 Å². The summed E-state index contributed by atoms with van der Waals surface area (Å²) < 4.78 is 5.52. The van der Waals surface area contributed by atoms with Crippen LogP contribution in [0.1, 0.15) is 48.2 Å². The maximum Gasteiger partial charge on any atom is 0.261 e. The average Bonchev–Trinajstić information content (AvgIpc) is 3.27. The van der Waals surface area contributed by atoms with Crippen molar-refractivity contribution >= 4 is 17.7 Å². The fraction of sp³-hybridized carbons (Fsp3) is 0.208. The molecule has 1 aliphatic rings. The van der Waals surface area contributed by atoms with Gasteiger partial charge in [0.1, 0.15) is 11.5 Å². The first-order chi connectivity index (χ1) is 14.4. The number of imide groups is 1. The van der Waals surface area contributed by atoms with Crippen LogP contribution < -0.4 is 0 Å². The molecule has 1 aliphatic heterocycles. The monoisotopic (exact) mass is 402 g/mol. The average molecular weight is 402 g/mol. The summed E-state index contributed by atoms with van der Waals surface area (Å²) in [7, 11) is 1.67. The number of hydrogen-bond donors (Lipinski definition) is 0. The summed E-state index contributed by atoms with van der Waals surface area (Å²) >= 11 is 0. The molecule has 0 radical (unpaired) electrons. The summed E-state index contributed by atoms with van der Waals surface area (Å²) in [5.41, 5.74) is 2.04. The number of nitrogens with zero attached hydrogens (tertiary/aromatic N) is 2. The summed E-state index contributed by atoms with van der Waals surface area (Å²) in [4.78, 5) is 41.1. The van der Waals surface area contributed by atoms with Crippen LogP contribution in [0.25, 0.3) is 0 Å². The van der Waals surface area contributed by atoms with Crippen LogP contribution in [-0.2, 0) is 13.0 Å². The smallest absolute Gasteiger partial charge is 0.261 e. The van der Waals surface area contributed by atoms with E-state index >= 15 is 0 Å². The van der Waals surface area contributed by atoms with Gasteiger partial charge < -0.3 is 9.32 Å². The number of hydrogen-bond acceptors (Lipinski definition) is 4. The molecule has 0 saturated carbocycles. The predicted octanol–water partition coefficient (Wildman–Crippen LogP) is 3.70. The van der Waals surface area contributed by atoms with E-state index in [0.29, 0.717) is 36.4 Å². The van der Waals surface area contributed by atoms with E-state index in [-0.39, 0.29) is 23.3 Å². The van der Waals surface area contributed by atoms with E-state index in [1.165, 1.54) is 15.9 Å². The third kappa shape index (κ3) is 3.76. The molecule has 30 heavy (non-hydrogen) atoms. The van der Waals surface area contributed by atoms with E-state index in [2.05, 4.69) is 0 Å². The van der Waals surface area contributed by atoms with Gasteiger partial charge in [0.05, 0.1) is 17.7 Å². The molecule has 152 valence electrons. The Labute approximate surface area is 174 Å². The SMILES string of the molecule is Cc1ccc(CN(C)C(=O)c2ccc3c(c2)C(=O)N(CCc2ccccc2)C3=O)o1. The number of amides is 3. The topological polar surface area (TPSA) is 70.8 Å². The van der Waals surface area contributed by atoms with E-state index in [4.69, 9.17) is 4.42 Å². The second-order valence-electron chi connectivity index (χ2n) is 7.43. The second-order valence-corrected chi connectivity index (χ2v) is 7.43. The molecule has 0 spiro atoms. The van der Waals surface area contributed by atoms with Crippen LogP contribution in [0.15, 0.2) is 65.1 Å². The Bertz CT molecular complexity index is 1120. The molecule has 0 bridgehead atoms. The number of aryl methyl sites for hydroxylation is 1. The van der Waals surface area contributed by atoms with Crippen LogP contribution in [0.5, 0.6) is 0 Å². The molecule has 0 saturated heterocycles. The van der Waals surface area contributed by atoms with Gasteiger partial charge in [0.2, 0.25) is 0 Å². The van der Waals surface area contributed by atoms with Crippen LogP contribution >= 0.6 is 0 Å². The molecule has 0 unspecified atom stereocenters. The van der Waals surface area contributed by atoms with Gasteiger partial charge >= 0.3 is 0 Å². The molecular weight excluding hydrogens is 380 g/mol. The quantitative estimate of drug-likeness (QED) is 0.590. The fourth-order valence-electron chi connectivity index (χ4n) is 3.61. The van der Waals surface area contributed by atoms with Crippen molar-refractivity contribution in [3.05, 3.63) is 94.4 Å². The molecule has 0 atom stereocenters. The number of benzene rings is 2. The molecule has 2 heterocycles.